The van der Waals surface area contributed by atoms with Gasteiger partial charge in [-0.15, -0.1) is 11.3 Å². The van der Waals surface area contributed by atoms with E-state index in [0.717, 1.165) is 27.8 Å². The minimum atomic E-state index is -1.11. The number of carbonyl (C=O) groups is 3. The number of oxime groups is 1. The molecular weight excluding hydrogens is 751 g/mol. The summed E-state index contributed by atoms with van der Waals surface area (Å²) in [5.74, 6) is -1.91. The summed E-state index contributed by atoms with van der Waals surface area (Å²) in [6, 6.07) is 47.9. The van der Waals surface area contributed by atoms with Crippen molar-refractivity contribution in [3.05, 3.63) is 202 Å². The van der Waals surface area contributed by atoms with E-state index in [9.17, 15) is 14.4 Å². The fourth-order valence-corrected chi connectivity index (χ4v) is 8.15. The topological polar surface area (TPSA) is 131 Å². The molecule has 0 bridgehead atoms. The highest BCUT2D eigenvalue weighted by molar-refractivity contribution is 7.14. The number of nitrogens with one attached hydrogen (secondary N) is 2. The van der Waals surface area contributed by atoms with Crippen molar-refractivity contribution in [2.24, 2.45) is 5.16 Å². The second-order valence-corrected chi connectivity index (χ2v) is 14.6. The van der Waals surface area contributed by atoms with E-state index in [2.05, 4.69) is 52.2 Å². The molecule has 1 saturated heterocycles. The van der Waals surface area contributed by atoms with Gasteiger partial charge in [-0.25, -0.2) is 9.78 Å². The number of β-lactam (4-membered cyclic amide) rings is 1. The molecule has 0 saturated carbocycles. The Bertz CT molecular complexity index is 2330. The first kappa shape index (κ1) is 38.0. The first-order valence-electron chi connectivity index (χ1n) is 18.7. The molecule has 1 fully saturated rings. The van der Waals surface area contributed by atoms with Gasteiger partial charge in [0.2, 0.25) is 0 Å². The average Bonchev–Trinajstić information content (AvgIpc) is 3.74. The van der Waals surface area contributed by atoms with Crippen molar-refractivity contribution in [3.8, 4) is 0 Å². The summed E-state index contributed by atoms with van der Waals surface area (Å²) in [4.78, 5) is 52.8. The molecule has 290 valence electrons. The number of fused-ring (bicyclic) bond motifs is 1. The van der Waals surface area contributed by atoms with Crippen LogP contribution in [-0.4, -0.2) is 59.4 Å². The normalized spacial score (nSPS) is 16.6. The minimum Gasteiger partial charge on any atom is -0.448 e. The van der Waals surface area contributed by atoms with Crippen LogP contribution in [0.15, 0.2) is 173 Å². The van der Waals surface area contributed by atoms with Crippen molar-refractivity contribution >= 4 is 40.0 Å². The Morgan fingerprint density at radius 3 is 1.81 bits per heavy atom. The molecule has 2 unspecified atom stereocenters. The largest absolute Gasteiger partial charge is 0.448 e. The van der Waals surface area contributed by atoms with Crippen LogP contribution in [0, 0.1) is 0 Å². The van der Waals surface area contributed by atoms with Crippen LogP contribution in [0.25, 0.3) is 0 Å². The second-order valence-electron chi connectivity index (χ2n) is 13.7. The van der Waals surface area contributed by atoms with E-state index in [-0.39, 0.29) is 23.7 Å². The molecule has 11 nitrogen and oxygen atoms in total. The molecule has 1 aromatic heterocycles. The average molecular weight is 790 g/mol. The van der Waals surface area contributed by atoms with Gasteiger partial charge >= 0.3 is 5.97 Å². The van der Waals surface area contributed by atoms with Crippen LogP contribution >= 0.6 is 11.3 Å². The molecule has 0 radical (unpaired) electrons. The molecule has 5 aromatic carbocycles. The summed E-state index contributed by atoms with van der Waals surface area (Å²) >= 11 is 1.30. The standard InChI is InChI=1S/C46H39N5O6S/c1-30-28-56-43-38(42(53)51(43)39(30)44(54)57-40(31-18-8-3-9-19-31)32-20-10-4-11-21-32)48-41(52)37(50-55-2)36-29-58-45(47-36)49-46(33-22-12-5-13-23-33,34-24-14-6-15-25-34)35-26-16-7-17-27-35/h3-27,29,38,40,43H,28H2,1-2H3,(H,47,49)(H,48,52). The number of anilines is 1. The maximum Gasteiger partial charge on any atom is 0.356 e. The fraction of sp³-hybridized carbons (Fsp3) is 0.152. The van der Waals surface area contributed by atoms with Crippen molar-refractivity contribution in [3.63, 3.8) is 0 Å². The number of hydrogen-bond acceptors (Lipinski definition) is 10. The van der Waals surface area contributed by atoms with Crippen LogP contribution in [0.3, 0.4) is 0 Å². The number of carbonyl (C=O) groups excluding carboxylic acids is 3. The van der Waals surface area contributed by atoms with Crippen LogP contribution in [0.1, 0.15) is 46.5 Å². The lowest BCUT2D eigenvalue weighted by molar-refractivity contribution is -0.185. The highest BCUT2D eigenvalue weighted by Gasteiger charge is 2.55. The molecule has 2 aliphatic heterocycles. The zero-order valence-electron chi connectivity index (χ0n) is 31.6. The Labute approximate surface area is 339 Å². The highest BCUT2D eigenvalue weighted by atomic mass is 32.1. The molecule has 0 aliphatic carbocycles. The Balaban J connectivity index is 1.02. The predicted octanol–water partition coefficient (Wildman–Crippen LogP) is 7.19. The van der Waals surface area contributed by atoms with Gasteiger partial charge in [0.05, 0.1) is 6.61 Å². The van der Waals surface area contributed by atoms with Gasteiger partial charge in [0.25, 0.3) is 11.8 Å². The Kier molecular flexibility index (Phi) is 10.9. The maximum absolute atomic E-state index is 13.9. The fourth-order valence-electron chi connectivity index (χ4n) is 7.40. The Morgan fingerprint density at radius 2 is 1.31 bits per heavy atom. The van der Waals surface area contributed by atoms with Crippen molar-refractivity contribution < 1.29 is 28.7 Å². The lowest BCUT2D eigenvalue weighted by Crippen LogP contribution is -2.73. The highest BCUT2D eigenvalue weighted by Crippen LogP contribution is 2.41. The van der Waals surface area contributed by atoms with Crippen LogP contribution in [0.5, 0.6) is 0 Å². The molecule has 12 heteroatoms. The van der Waals surface area contributed by atoms with Crippen LogP contribution in [0.4, 0.5) is 5.13 Å². The van der Waals surface area contributed by atoms with Crippen molar-refractivity contribution in [2.45, 2.75) is 30.8 Å². The summed E-state index contributed by atoms with van der Waals surface area (Å²) in [5.41, 5.74) is 4.36. The lowest BCUT2D eigenvalue weighted by atomic mass is 9.77. The third-order valence-corrected chi connectivity index (χ3v) is 10.9. The summed E-state index contributed by atoms with van der Waals surface area (Å²) in [6.45, 7) is 1.77. The van der Waals surface area contributed by atoms with Gasteiger partial charge in [0, 0.05) is 5.38 Å². The first-order chi connectivity index (χ1) is 28.4. The number of rotatable bonds is 13. The Morgan fingerprint density at radius 1 is 0.810 bits per heavy atom. The number of thiazole rings is 1. The molecule has 2 aliphatic rings. The van der Waals surface area contributed by atoms with Gasteiger partial charge in [0.15, 0.2) is 29.2 Å². The van der Waals surface area contributed by atoms with E-state index >= 15 is 0 Å². The van der Waals surface area contributed by atoms with E-state index in [1.165, 1.54) is 23.3 Å². The lowest BCUT2D eigenvalue weighted by Gasteiger charge is -2.49. The summed E-state index contributed by atoms with van der Waals surface area (Å²) in [7, 11) is 1.33. The monoisotopic (exact) mass is 789 g/mol. The van der Waals surface area contributed by atoms with Gasteiger partial charge in [-0.3, -0.25) is 14.5 Å². The number of aromatic nitrogens is 1. The summed E-state index contributed by atoms with van der Waals surface area (Å²) in [6.07, 6.45) is -1.67. The number of amides is 2. The van der Waals surface area contributed by atoms with Crippen LogP contribution < -0.4 is 10.6 Å². The smallest absolute Gasteiger partial charge is 0.356 e. The third-order valence-electron chi connectivity index (χ3n) is 10.1. The molecule has 3 heterocycles. The second kappa shape index (κ2) is 16.7. The van der Waals surface area contributed by atoms with E-state index in [0.29, 0.717) is 10.7 Å². The van der Waals surface area contributed by atoms with E-state index < -0.39 is 41.7 Å². The van der Waals surface area contributed by atoms with Gasteiger partial charge < -0.3 is 24.9 Å². The number of benzene rings is 5. The molecule has 2 amide bonds. The SMILES string of the molecule is CON=C(C(=O)NC1C(=O)N2C(C(=O)OC(c3ccccc3)c3ccccc3)=C(C)COC12)c1csc(NC(c2ccccc2)(c2ccccc2)c2ccccc2)n1. The maximum atomic E-state index is 13.9. The van der Waals surface area contributed by atoms with E-state index in [1.54, 1.807) is 12.3 Å². The number of ether oxygens (including phenoxy) is 2. The van der Waals surface area contributed by atoms with Crippen molar-refractivity contribution in [1.82, 2.24) is 15.2 Å². The summed E-state index contributed by atoms with van der Waals surface area (Å²) in [5, 5.41) is 12.7. The molecule has 8 rings (SSSR count). The first-order valence-corrected chi connectivity index (χ1v) is 19.5. The van der Waals surface area contributed by atoms with E-state index in [1.807, 2.05) is 115 Å². The number of nitrogens with zero attached hydrogens (tertiary/aromatic N) is 3. The van der Waals surface area contributed by atoms with Crippen molar-refractivity contribution in [2.75, 3.05) is 19.0 Å². The molecular formula is C46H39N5O6S. The van der Waals surface area contributed by atoms with Gasteiger partial charge in [-0.05, 0) is 40.3 Å². The number of esters is 1. The number of hydrogen-bond donors (Lipinski definition) is 2. The summed E-state index contributed by atoms with van der Waals surface area (Å²) < 4.78 is 12.1. The molecule has 2 N–H and O–H groups in total. The third kappa shape index (κ3) is 7.26. The molecule has 58 heavy (non-hydrogen) atoms. The zero-order valence-corrected chi connectivity index (χ0v) is 32.5. The van der Waals surface area contributed by atoms with Crippen molar-refractivity contribution in [1.29, 1.82) is 0 Å². The van der Waals surface area contributed by atoms with Gasteiger partial charge in [0.1, 0.15) is 24.0 Å². The molecule has 6 aromatic rings. The van der Waals surface area contributed by atoms with Gasteiger partial charge in [-0.1, -0.05) is 157 Å². The Hall–Kier alpha value is -6.89. The molecule has 2 atom stereocenters. The van der Waals surface area contributed by atoms with E-state index in [4.69, 9.17) is 19.3 Å². The van der Waals surface area contributed by atoms with Crippen LogP contribution in [0.2, 0.25) is 0 Å². The minimum absolute atomic E-state index is 0.0543. The predicted molar refractivity (Wildman–Crippen MR) is 221 cm³/mol. The van der Waals surface area contributed by atoms with Gasteiger partial charge in [-0.2, -0.15) is 0 Å². The zero-order chi connectivity index (χ0) is 40.1. The quantitative estimate of drug-likeness (QED) is 0.0414. The molecule has 0 spiro atoms. The van der Waals surface area contributed by atoms with Crippen LogP contribution in [-0.2, 0) is 34.2 Å².